The van der Waals surface area contributed by atoms with Crippen LogP contribution in [0.2, 0.25) is 0 Å². The normalized spacial score (nSPS) is 14.0. The summed E-state index contributed by atoms with van der Waals surface area (Å²) in [4.78, 5) is 19.2. The van der Waals surface area contributed by atoms with E-state index in [1.54, 1.807) is 0 Å². The quantitative estimate of drug-likeness (QED) is 0.592. The van der Waals surface area contributed by atoms with E-state index in [0.717, 1.165) is 39.9 Å². The van der Waals surface area contributed by atoms with Crippen molar-refractivity contribution < 1.29 is 4.79 Å². The molecular formula is C22H25N3OS. The summed E-state index contributed by atoms with van der Waals surface area (Å²) in [5, 5.41) is 3.99. The molecule has 2 aromatic heterocycles. The topological polar surface area (TPSA) is 68.0 Å². The van der Waals surface area contributed by atoms with Crippen molar-refractivity contribution in [2.75, 3.05) is 11.1 Å². The van der Waals surface area contributed by atoms with Gasteiger partial charge in [0.15, 0.2) is 0 Å². The smallest absolute Gasteiger partial charge is 0.267 e. The highest BCUT2D eigenvalue weighted by Gasteiger charge is 2.21. The van der Waals surface area contributed by atoms with Gasteiger partial charge in [-0.25, -0.2) is 4.98 Å². The number of aromatic nitrogens is 1. The van der Waals surface area contributed by atoms with E-state index in [4.69, 9.17) is 10.7 Å². The average molecular weight is 380 g/mol. The molecule has 140 valence electrons. The van der Waals surface area contributed by atoms with E-state index in [1.807, 2.05) is 13.8 Å². The first-order valence-electron chi connectivity index (χ1n) is 9.54. The van der Waals surface area contributed by atoms with E-state index in [-0.39, 0.29) is 5.91 Å². The molecule has 0 saturated heterocycles. The van der Waals surface area contributed by atoms with E-state index in [2.05, 4.69) is 30.4 Å². The number of pyridine rings is 1. The fraction of sp³-hybridized carbons (Fsp3) is 0.364. The third-order valence-electron chi connectivity index (χ3n) is 5.37. The Morgan fingerprint density at radius 2 is 1.78 bits per heavy atom. The Bertz CT molecular complexity index is 1030. The van der Waals surface area contributed by atoms with Crippen LogP contribution in [-0.2, 0) is 12.8 Å². The number of hydrogen-bond acceptors (Lipinski definition) is 4. The minimum Gasteiger partial charge on any atom is -0.397 e. The Morgan fingerprint density at radius 3 is 2.52 bits per heavy atom. The van der Waals surface area contributed by atoms with Gasteiger partial charge in [0.25, 0.3) is 5.91 Å². The molecule has 0 unspecified atom stereocenters. The fourth-order valence-electron chi connectivity index (χ4n) is 4.05. The highest BCUT2D eigenvalue weighted by Crippen LogP contribution is 2.36. The van der Waals surface area contributed by atoms with Crippen molar-refractivity contribution in [3.8, 4) is 0 Å². The third-order valence-corrected chi connectivity index (χ3v) is 6.49. The van der Waals surface area contributed by atoms with Gasteiger partial charge in [0, 0.05) is 16.8 Å². The van der Waals surface area contributed by atoms with Gasteiger partial charge in [0.2, 0.25) is 0 Å². The maximum Gasteiger partial charge on any atom is 0.267 e. The van der Waals surface area contributed by atoms with Crippen LogP contribution in [0.25, 0.3) is 10.2 Å². The Morgan fingerprint density at radius 1 is 1.07 bits per heavy atom. The third kappa shape index (κ3) is 3.32. The highest BCUT2D eigenvalue weighted by atomic mass is 32.1. The number of anilines is 2. The van der Waals surface area contributed by atoms with Crippen molar-refractivity contribution >= 4 is 38.8 Å². The number of rotatable bonds is 2. The van der Waals surface area contributed by atoms with Gasteiger partial charge in [-0.2, -0.15) is 0 Å². The number of nitrogens with two attached hydrogens (primary N) is 1. The Balaban J connectivity index is 1.71. The summed E-state index contributed by atoms with van der Waals surface area (Å²) in [7, 11) is 0. The Kier molecular flexibility index (Phi) is 4.64. The molecule has 27 heavy (non-hydrogen) atoms. The molecule has 0 bridgehead atoms. The molecule has 5 heteroatoms. The van der Waals surface area contributed by atoms with Crippen LogP contribution >= 0.6 is 11.3 Å². The summed E-state index contributed by atoms with van der Waals surface area (Å²) < 4.78 is 0. The number of benzene rings is 1. The molecule has 0 saturated carbocycles. The summed E-state index contributed by atoms with van der Waals surface area (Å²) in [6.07, 6.45) is 5.71. The van der Waals surface area contributed by atoms with Gasteiger partial charge in [-0.15, -0.1) is 11.3 Å². The second-order valence-electron chi connectivity index (χ2n) is 7.58. The minimum absolute atomic E-state index is 0.152. The SMILES string of the molecule is Cc1cc(C)c(NC(=O)c2sc3nc4c(cc3c2N)CCCCC4)c(C)c1. The van der Waals surface area contributed by atoms with Crippen LogP contribution in [0.15, 0.2) is 18.2 Å². The molecule has 0 fully saturated rings. The van der Waals surface area contributed by atoms with E-state index in [1.165, 1.54) is 47.4 Å². The van der Waals surface area contributed by atoms with Gasteiger partial charge < -0.3 is 11.1 Å². The fourth-order valence-corrected chi connectivity index (χ4v) is 5.04. The molecule has 1 amide bonds. The first-order valence-corrected chi connectivity index (χ1v) is 10.4. The first-order chi connectivity index (χ1) is 12.9. The number of nitrogen functional groups attached to an aromatic ring is 1. The highest BCUT2D eigenvalue weighted by molar-refractivity contribution is 7.21. The second-order valence-corrected chi connectivity index (χ2v) is 8.58. The minimum atomic E-state index is -0.152. The van der Waals surface area contributed by atoms with Gasteiger partial charge in [-0.05, 0) is 69.2 Å². The largest absolute Gasteiger partial charge is 0.397 e. The molecule has 1 aliphatic rings. The van der Waals surface area contributed by atoms with Crippen LogP contribution in [0.3, 0.4) is 0 Å². The summed E-state index contributed by atoms with van der Waals surface area (Å²) >= 11 is 1.40. The number of carbonyl (C=O) groups excluding carboxylic acids is 1. The first kappa shape index (κ1) is 18.0. The molecule has 0 spiro atoms. The molecule has 1 aromatic carbocycles. The monoisotopic (exact) mass is 379 g/mol. The number of amides is 1. The van der Waals surface area contributed by atoms with Crippen molar-refractivity contribution in [3.05, 3.63) is 51.0 Å². The number of nitrogens with one attached hydrogen (secondary N) is 1. The molecule has 0 atom stereocenters. The van der Waals surface area contributed by atoms with Gasteiger partial charge in [0.05, 0.1) is 5.69 Å². The Labute approximate surface area is 163 Å². The maximum atomic E-state index is 13.0. The zero-order valence-corrected chi connectivity index (χ0v) is 16.9. The number of thiophene rings is 1. The zero-order valence-electron chi connectivity index (χ0n) is 16.1. The van der Waals surface area contributed by atoms with Crippen molar-refractivity contribution in [2.24, 2.45) is 0 Å². The zero-order chi connectivity index (χ0) is 19.1. The molecule has 0 aliphatic heterocycles. The van der Waals surface area contributed by atoms with Crippen molar-refractivity contribution in [3.63, 3.8) is 0 Å². The van der Waals surface area contributed by atoms with Gasteiger partial charge in [0.1, 0.15) is 9.71 Å². The van der Waals surface area contributed by atoms with E-state index >= 15 is 0 Å². The van der Waals surface area contributed by atoms with Crippen molar-refractivity contribution in [1.82, 2.24) is 4.98 Å². The van der Waals surface area contributed by atoms with E-state index in [9.17, 15) is 4.79 Å². The van der Waals surface area contributed by atoms with Crippen molar-refractivity contribution in [1.29, 1.82) is 0 Å². The number of fused-ring (bicyclic) bond motifs is 2. The molecule has 3 N–H and O–H groups in total. The molecule has 4 rings (SSSR count). The van der Waals surface area contributed by atoms with Crippen molar-refractivity contribution in [2.45, 2.75) is 52.9 Å². The molecular weight excluding hydrogens is 354 g/mol. The van der Waals surface area contributed by atoms with E-state index in [0.29, 0.717) is 10.6 Å². The summed E-state index contributed by atoms with van der Waals surface area (Å²) in [6.45, 7) is 6.09. The molecule has 1 aliphatic carbocycles. The number of nitrogens with zero attached hydrogens (tertiary/aromatic N) is 1. The summed E-state index contributed by atoms with van der Waals surface area (Å²) in [5.74, 6) is -0.152. The van der Waals surface area contributed by atoms with Gasteiger partial charge in [-0.3, -0.25) is 4.79 Å². The standard InChI is InChI=1S/C22H25N3OS/c1-12-9-13(2)19(14(3)10-12)25-21(26)20-18(23)16-11-15-7-5-4-6-8-17(15)24-22(16)27-20/h9-11H,4-8,23H2,1-3H3,(H,25,26). The van der Waals surface area contributed by atoms with Crippen LogP contribution in [0, 0.1) is 20.8 Å². The molecule has 3 aromatic rings. The lowest BCUT2D eigenvalue weighted by Gasteiger charge is -2.12. The predicted octanol–water partition coefficient (Wildman–Crippen LogP) is 5.32. The average Bonchev–Trinajstić information content (AvgIpc) is 2.79. The molecule has 2 heterocycles. The second kappa shape index (κ2) is 6.97. The summed E-state index contributed by atoms with van der Waals surface area (Å²) in [5.41, 5.74) is 13.6. The number of carbonyl (C=O) groups is 1. The lowest BCUT2D eigenvalue weighted by atomic mass is 10.0. The van der Waals surface area contributed by atoms with E-state index < -0.39 is 0 Å². The molecule has 0 radical (unpaired) electrons. The lowest BCUT2D eigenvalue weighted by Crippen LogP contribution is -2.14. The van der Waals surface area contributed by atoms with Crippen LogP contribution < -0.4 is 11.1 Å². The van der Waals surface area contributed by atoms with Gasteiger partial charge >= 0.3 is 0 Å². The Hall–Kier alpha value is -2.40. The van der Waals surface area contributed by atoms with Crippen LogP contribution in [0.1, 0.15) is 56.9 Å². The van der Waals surface area contributed by atoms with Crippen LogP contribution in [0.5, 0.6) is 0 Å². The summed E-state index contributed by atoms with van der Waals surface area (Å²) in [6, 6.07) is 6.32. The van der Waals surface area contributed by atoms with Crippen LogP contribution in [0.4, 0.5) is 11.4 Å². The molecule has 4 nitrogen and oxygen atoms in total. The lowest BCUT2D eigenvalue weighted by molar-refractivity contribution is 0.103. The van der Waals surface area contributed by atoms with Gasteiger partial charge in [-0.1, -0.05) is 24.1 Å². The number of hydrogen-bond donors (Lipinski definition) is 2. The predicted molar refractivity (Wildman–Crippen MR) is 114 cm³/mol. The maximum absolute atomic E-state index is 13.0. The van der Waals surface area contributed by atoms with Crippen LogP contribution in [-0.4, -0.2) is 10.9 Å². The number of aryl methyl sites for hydroxylation is 5.